The first-order valence-electron chi connectivity index (χ1n) is 7.07. The second-order valence-corrected chi connectivity index (χ2v) is 5.65. The predicted octanol–water partition coefficient (Wildman–Crippen LogP) is 1.94. The van der Waals surface area contributed by atoms with E-state index in [0.29, 0.717) is 11.7 Å². The molecule has 1 unspecified atom stereocenters. The maximum atomic E-state index is 11.2. The topological polar surface area (TPSA) is 95.7 Å². The zero-order chi connectivity index (χ0) is 15.0. The van der Waals surface area contributed by atoms with E-state index in [4.69, 9.17) is 0 Å². The van der Waals surface area contributed by atoms with Gasteiger partial charge in [-0.3, -0.25) is 15.0 Å². The van der Waals surface area contributed by atoms with E-state index in [-0.39, 0.29) is 17.3 Å². The summed E-state index contributed by atoms with van der Waals surface area (Å²) in [4.78, 5) is 24.0. The number of anilines is 1. The molecule has 1 aromatic carbocycles. The van der Waals surface area contributed by atoms with Crippen molar-refractivity contribution in [2.75, 3.05) is 18.4 Å². The van der Waals surface area contributed by atoms with E-state index in [2.05, 4.69) is 10.2 Å². The van der Waals surface area contributed by atoms with E-state index in [0.717, 1.165) is 19.5 Å². The van der Waals surface area contributed by atoms with Crippen molar-refractivity contribution in [2.24, 2.45) is 0 Å². The van der Waals surface area contributed by atoms with Gasteiger partial charge in [0.25, 0.3) is 5.69 Å². The third-order valence-corrected chi connectivity index (χ3v) is 4.09. The Morgan fingerprint density at radius 2 is 2.14 bits per heavy atom. The Balaban J connectivity index is 1.77. The maximum absolute atomic E-state index is 11.2. The number of rotatable bonds is 5. The van der Waals surface area contributed by atoms with Crippen LogP contribution in [0.2, 0.25) is 0 Å². The van der Waals surface area contributed by atoms with Gasteiger partial charge in [0, 0.05) is 37.3 Å². The van der Waals surface area contributed by atoms with Gasteiger partial charge in [0.15, 0.2) is 0 Å². The Kier molecular flexibility index (Phi) is 3.50. The fourth-order valence-corrected chi connectivity index (χ4v) is 2.85. The number of non-ortho nitro benzene ring substituents is 1. The Morgan fingerprint density at radius 3 is 2.76 bits per heavy atom. The van der Waals surface area contributed by atoms with Crippen molar-refractivity contribution in [2.45, 2.75) is 31.3 Å². The summed E-state index contributed by atoms with van der Waals surface area (Å²) < 4.78 is 0. The van der Waals surface area contributed by atoms with Crippen molar-refractivity contribution in [1.29, 1.82) is 0 Å². The van der Waals surface area contributed by atoms with Crippen LogP contribution in [0, 0.1) is 10.1 Å². The summed E-state index contributed by atoms with van der Waals surface area (Å²) in [7, 11) is 0. The molecular formula is C14H17N3O4. The van der Waals surface area contributed by atoms with Crippen LogP contribution in [-0.2, 0) is 0 Å². The van der Waals surface area contributed by atoms with Crippen LogP contribution in [0.1, 0.15) is 29.6 Å². The molecular weight excluding hydrogens is 274 g/mol. The number of nitro benzene ring substituents is 1. The molecule has 1 aromatic rings. The number of likely N-dealkylation sites (tertiary alicyclic amines) is 1. The van der Waals surface area contributed by atoms with Gasteiger partial charge in [-0.25, -0.2) is 4.79 Å². The van der Waals surface area contributed by atoms with E-state index in [1.807, 2.05) is 0 Å². The number of hydrogen-bond donors (Lipinski definition) is 2. The quantitative estimate of drug-likeness (QED) is 0.636. The fraction of sp³-hybridized carbons (Fsp3) is 0.500. The van der Waals surface area contributed by atoms with Gasteiger partial charge in [0.05, 0.1) is 16.2 Å². The SMILES string of the molecule is O=C(O)c1ccc([N+](=O)[O-])cc1NC1CCN(C2CC2)C1. The number of nitrogens with zero attached hydrogens (tertiary/aromatic N) is 2. The van der Waals surface area contributed by atoms with Crippen LogP contribution in [0.5, 0.6) is 0 Å². The third kappa shape index (κ3) is 2.97. The lowest BCUT2D eigenvalue weighted by Crippen LogP contribution is -2.28. The van der Waals surface area contributed by atoms with Crippen LogP contribution < -0.4 is 5.32 Å². The molecule has 1 atom stereocenters. The van der Waals surface area contributed by atoms with Crippen LogP contribution in [0.15, 0.2) is 18.2 Å². The average Bonchev–Trinajstić information content (AvgIpc) is 3.19. The minimum absolute atomic E-state index is 0.0745. The van der Waals surface area contributed by atoms with Crippen molar-refractivity contribution in [3.63, 3.8) is 0 Å². The Labute approximate surface area is 121 Å². The smallest absolute Gasteiger partial charge is 0.337 e. The van der Waals surface area contributed by atoms with E-state index in [1.54, 1.807) is 0 Å². The van der Waals surface area contributed by atoms with E-state index in [9.17, 15) is 20.0 Å². The molecule has 0 amide bonds. The van der Waals surface area contributed by atoms with Gasteiger partial charge >= 0.3 is 5.97 Å². The lowest BCUT2D eigenvalue weighted by molar-refractivity contribution is -0.384. The first kappa shape index (κ1) is 13.8. The van der Waals surface area contributed by atoms with Gasteiger partial charge in [-0.15, -0.1) is 0 Å². The van der Waals surface area contributed by atoms with Gasteiger partial charge in [-0.05, 0) is 25.3 Å². The summed E-state index contributed by atoms with van der Waals surface area (Å²) in [5, 5.41) is 23.2. The number of carboxylic acid groups (broad SMARTS) is 1. The van der Waals surface area contributed by atoms with Gasteiger partial charge in [-0.2, -0.15) is 0 Å². The van der Waals surface area contributed by atoms with Crippen molar-refractivity contribution in [3.05, 3.63) is 33.9 Å². The molecule has 112 valence electrons. The molecule has 0 spiro atoms. The number of nitrogens with one attached hydrogen (secondary N) is 1. The second-order valence-electron chi connectivity index (χ2n) is 5.65. The Morgan fingerprint density at radius 1 is 1.38 bits per heavy atom. The first-order chi connectivity index (χ1) is 10.0. The molecule has 2 fully saturated rings. The molecule has 1 aliphatic heterocycles. The number of aromatic carboxylic acids is 1. The Hall–Kier alpha value is -2.15. The highest BCUT2D eigenvalue weighted by Crippen LogP contribution is 2.31. The predicted molar refractivity (Wildman–Crippen MR) is 76.7 cm³/mol. The zero-order valence-electron chi connectivity index (χ0n) is 11.5. The molecule has 1 heterocycles. The van der Waals surface area contributed by atoms with E-state index < -0.39 is 10.9 Å². The van der Waals surface area contributed by atoms with Gasteiger partial charge in [0.2, 0.25) is 0 Å². The summed E-state index contributed by atoms with van der Waals surface area (Å²) in [6.45, 7) is 1.87. The molecule has 0 radical (unpaired) electrons. The van der Waals surface area contributed by atoms with Crippen molar-refractivity contribution >= 4 is 17.3 Å². The molecule has 0 bridgehead atoms. The molecule has 2 N–H and O–H groups in total. The van der Waals surface area contributed by atoms with Crippen LogP contribution in [0.4, 0.5) is 11.4 Å². The summed E-state index contributed by atoms with van der Waals surface area (Å²) in [6.07, 6.45) is 3.41. The van der Waals surface area contributed by atoms with Crippen LogP contribution in [-0.4, -0.2) is 46.1 Å². The number of nitro groups is 1. The molecule has 2 aliphatic rings. The Bertz CT molecular complexity index is 586. The highest BCUT2D eigenvalue weighted by atomic mass is 16.6. The number of hydrogen-bond acceptors (Lipinski definition) is 5. The second kappa shape index (κ2) is 5.33. The molecule has 7 nitrogen and oxygen atoms in total. The lowest BCUT2D eigenvalue weighted by atomic mass is 10.1. The minimum Gasteiger partial charge on any atom is -0.478 e. The highest BCUT2D eigenvalue weighted by molar-refractivity contribution is 5.94. The minimum atomic E-state index is -1.08. The summed E-state index contributed by atoms with van der Waals surface area (Å²) in [5.41, 5.74) is 0.310. The third-order valence-electron chi connectivity index (χ3n) is 4.09. The van der Waals surface area contributed by atoms with E-state index in [1.165, 1.54) is 31.0 Å². The van der Waals surface area contributed by atoms with Crippen LogP contribution in [0.25, 0.3) is 0 Å². The van der Waals surface area contributed by atoms with Crippen molar-refractivity contribution in [3.8, 4) is 0 Å². The highest BCUT2D eigenvalue weighted by Gasteiger charge is 2.34. The van der Waals surface area contributed by atoms with Gasteiger partial charge in [-0.1, -0.05) is 0 Å². The zero-order valence-corrected chi connectivity index (χ0v) is 11.5. The molecule has 1 aliphatic carbocycles. The molecule has 1 saturated carbocycles. The number of carbonyl (C=O) groups is 1. The fourth-order valence-electron chi connectivity index (χ4n) is 2.85. The van der Waals surface area contributed by atoms with Gasteiger partial charge < -0.3 is 10.4 Å². The number of benzene rings is 1. The monoisotopic (exact) mass is 291 g/mol. The molecule has 3 rings (SSSR count). The standard InChI is InChI=1S/C14H17N3O4/c18-14(19)12-4-3-11(17(20)21)7-13(12)15-9-5-6-16(8-9)10-1-2-10/h3-4,7,9-10,15H,1-2,5-6,8H2,(H,18,19). The summed E-state index contributed by atoms with van der Waals surface area (Å²) in [5.74, 6) is -1.08. The largest absolute Gasteiger partial charge is 0.478 e. The summed E-state index contributed by atoms with van der Waals surface area (Å²) in [6, 6.07) is 4.64. The molecule has 21 heavy (non-hydrogen) atoms. The van der Waals surface area contributed by atoms with Crippen LogP contribution >= 0.6 is 0 Å². The summed E-state index contributed by atoms with van der Waals surface area (Å²) >= 11 is 0. The molecule has 0 aromatic heterocycles. The van der Waals surface area contributed by atoms with Crippen molar-refractivity contribution in [1.82, 2.24) is 4.90 Å². The molecule has 1 saturated heterocycles. The maximum Gasteiger partial charge on any atom is 0.337 e. The number of carboxylic acids is 1. The van der Waals surface area contributed by atoms with Crippen molar-refractivity contribution < 1.29 is 14.8 Å². The normalized spacial score (nSPS) is 22.2. The average molecular weight is 291 g/mol. The van der Waals surface area contributed by atoms with E-state index >= 15 is 0 Å². The van der Waals surface area contributed by atoms with Gasteiger partial charge in [0.1, 0.15) is 0 Å². The lowest BCUT2D eigenvalue weighted by Gasteiger charge is -2.17. The first-order valence-corrected chi connectivity index (χ1v) is 7.07. The molecule has 7 heteroatoms. The van der Waals surface area contributed by atoms with Crippen LogP contribution in [0.3, 0.4) is 0 Å².